The molecule has 0 aliphatic rings. The molecule has 11 heavy (non-hydrogen) atoms. The first-order valence-electron chi connectivity index (χ1n) is 3.91. The predicted molar refractivity (Wildman–Crippen MR) is 49.9 cm³/mol. The van der Waals surface area contributed by atoms with E-state index < -0.39 is 0 Å². The third kappa shape index (κ3) is 6.59. The predicted octanol–water partition coefficient (Wildman–Crippen LogP) is 2.40. The van der Waals surface area contributed by atoms with Gasteiger partial charge in [0.05, 0.1) is 0 Å². The van der Waals surface area contributed by atoms with Crippen molar-refractivity contribution in [2.45, 2.75) is 38.1 Å². The van der Waals surface area contributed by atoms with Gasteiger partial charge in [-0.2, -0.15) is 0 Å². The number of hydrogen-bond donors (Lipinski definition) is 0. The molecule has 0 N–H and O–H groups in total. The first kappa shape index (κ1) is 11.2. The third-order valence-electron chi connectivity index (χ3n) is 1.37. The summed E-state index contributed by atoms with van der Waals surface area (Å²) in [6.45, 7) is 8.17. The molecule has 0 aromatic carbocycles. The minimum atomic E-state index is -0.0660. The Morgan fingerprint density at radius 2 is 2.09 bits per heavy atom. The third-order valence-corrected chi connectivity index (χ3v) is 4.87. The second-order valence-corrected chi connectivity index (χ2v) is 7.51. The van der Waals surface area contributed by atoms with Crippen LogP contribution in [0.4, 0.5) is 0 Å². The molecule has 0 saturated carbocycles. The van der Waals surface area contributed by atoms with Crippen LogP contribution in [-0.4, -0.2) is 26.7 Å². The molecule has 0 radical (unpaired) electrons. The zero-order valence-electron chi connectivity index (χ0n) is 7.68. The quantitative estimate of drug-likeness (QED) is 0.565. The molecule has 0 bridgehead atoms. The van der Waals surface area contributed by atoms with E-state index in [-0.39, 0.29) is 26.7 Å². The molecule has 2 heteroatoms. The van der Waals surface area contributed by atoms with E-state index in [9.17, 15) is 4.79 Å². The van der Waals surface area contributed by atoms with Crippen LogP contribution in [0.5, 0.6) is 0 Å². The van der Waals surface area contributed by atoms with Crippen molar-refractivity contribution < 1.29 is 4.79 Å². The maximum atomic E-state index is 10.7. The molecule has 0 aliphatic carbocycles. The van der Waals surface area contributed by atoms with E-state index in [1.54, 1.807) is 13.0 Å². The molecule has 0 amide bonds. The Kier molecular flexibility index (Phi) is 5.91. The van der Waals surface area contributed by atoms with Gasteiger partial charge in [-0.25, -0.2) is 0 Å². The Bertz CT molecular complexity index is 161. The number of allylic oxidation sites excluding steroid dienone is 2. The van der Waals surface area contributed by atoms with Gasteiger partial charge in [-0.05, 0) is 0 Å². The SMILES string of the molecule is CCC(C)[Te]/C(C)=C/C(C)=O. The first-order chi connectivity index (χ1) is 5.06. The fourth-order valence-electron chi connectivity index (χ4n) is 0.721. The van der Waals surface area contributed by atoms with E-state index in [0.29, 0.717) is 0 Å². The van der Waals surface area contributed by atoms with E-state index in [0.717, 1.165) is 3.97 Å². The molecule has 0 rings (SSSR count). The summed E-state index contributed by atoms with van der Waals surface area (Å²) in [6.07, 6.45) is 3.03. The van der Waals surface area contributed by atoms with Crippen molar-refractivity contribution in [3.05, 3.63) is 9.70 Å². The van der Waals surface area contributed by atoms with E-state index in [1.807, 2.05) is 0 Å². The van der Waals surface area contributed by atoms with Gasteiger partial charge in [0.25, 0.3) is 0 Å². The summed E-state index contributed by atoms with van der Waals surface area (Å²) in [4.78, 5) is 10.7. The average Bonchev–Trinajstić information content (AvgIpc) is 1.85. The van der Waals surface area contributed by atoms with Crippen molar-refractivity contribution >= 4 is 26.7 Å². The number of ketones is 1. The fraction of sp³-hybridized carbons (Fsp3) is 0.667. The Morgan fingerprint density at radius 1 is 1.55 bits per heavy atom. The molecule has 0 spiro atoms. The van der Waals surface area contributed by atoms with Gasteiger partial charge in [-0.15, -0.1) is 0 Å². The number of rotatable bonds is 4. The number of carbonyl (C=O) groups is 1. The molecule has 0 saturated heterocycles. The molecule has 1 unspecified atom stereocenters. The van der Waals surface area contributed by atoms with Crippen molar-refractivity contribution in [1.29, 1.82) is 0 Å². The van der Waals surface area contributed by atoms with Gasteiger partial charge in [0.2, 0.25) is 0 Å². The van der Waals surface area contributed by atoms with Gasteiger partial charge in [0.15, 0.2) is 0 Å². The molecular weight excluding hydrogens is 252 g/mol. The Labute approximate surface area is 79.3 Å². The van der Waals surface area contributed by atoms with Crippen molar-refractivity contribution in [2.24, 2.45) is 0 Å². The van der Waals surface area contributed by atoms with Crippen molar-refractivity contribution in [3.8, 4) is 0 Å². The number of carbonyl (C=O) groups excluding carboxylic acids is 1. The van der Waals surface area contributed by atoms with E-state index in [4.69, 9.17) is 0 Å². The van der Waals surface area contributed by atoms with Crippen molar-refractivity contribution in [1.82, 2.24) is 0 Å². The molecule has 0 aliphatic heterocycles. The molecule has 1 nitrogen and oxygen atoms in total. The van der Waals surface area contributed by atoms with Gasteiger partial charge < -0.3 is 0 Å². The summed E-state index contributed by atoms with van der Waals surface area (Å²) in [5.41, 5.74) is 0. The summed E-state index contributed by atoms with van der Waals surface area (Å²) in [7, 11) is 0. The van der Waals surface area contributed by atoms with Crippen LogP contribution >= 0.6 is 0 Å². The summed E-state index contributed by atoms with van der Waals surface area (Å²) in [5.74, 6) is 0.191. The monoisotopic (exact) mass is 270 g/mol. The fourth-order valence-corrected chi connectivity index (χ4v) is 3.68. The molecule has 64 valence electrons. The molecule has 0 aromatic heterocycles. The second kappa shape index (κ2) is 5.80. The van der Waals surface area contributed by atoms with Crippen LogP contribution in [0, 0.1) is 0 Å². The van der Waals surface area contributed by atoms with Gasteiger partial charge in [-0.3, -0.25) is 0 Å². The molecule has 0 aromatic rings. The Morgan fingerprint density at radius 3 is 2.45 bits per heavy atom. The van der Waals surface area contributed by atoms with E-state index in [2.05, 4.69) is 20.8 Å². The maximum absolute atomic E-state index is 10.7. The van der Waals surface area contributed by atoms with Crippen LogP contribution < -0.4 is 0 Å². The van der Waals surface area contributed by atoms with Crippen LogP contribution in [-0.2, 0) is 4.79 Å². The number of hydrogen-bond acceptors (Lipinski definition) is 1. The molecule has 0 heterocycles. The van der Waals surface area contributed by atoms with Crippen molar-refractivity contribution in [3.63, 3.8) is 0 Å². The van der Waals surface area contributed by atoms with Gasteiger partial charge in [-0.1, -0.05) is 0 Å². The first-order valence-corrected chi connectivity index (χ1v) is 6.42. The molecule has 0 fully saturated rings. The normalized spacial score (nSPS) is 14.7. The van der Waals surface area contributed by atoms with Gasteiger partial charge in [0, 0.05) is 0 Å². The van der Waals surface area contributed by atoms with Crippen LogP contribution in [0.2, 0.25) is 3.97 Å². The van der Waals surface area contributed by atoms with Crippen LogP contribution in [0.15, 0.2) is 9.70 Å². The summed E-state index contributed by atoms with van der Waals surface area (Å²) in [5, 5.41) is 0. The average molecular weight is 268 g/mol. The minimum absolute atomic E-state index is 0.0660. The van der Waals surface area contributed by atoms with Gasteiger partial charge in [0.1, 0.15) is 0 Å². The summed E-state index contributed by atoms with van der Waals surface area (Å²) < 4.78 is 2.16. The molecule has 1 atom stereocenters. The Hall–Kier alpha value is 0.200. The summed E-state index contributed by atoms with van der Waals surface area (Å²) in [6, 6.07) is 0. The van der Waals surface area contributed by atoms with E-state index in [1.165, 1.54) is 10.0 Å². The zero-order valence-corrected chi connectivity index (χ0v) is 10.0. The van der Waals surface area contributed by atoms with Crippen LogP contribution in [0.1, 0.15) is 34.1 Å². The topological polar surface area (TPSA) is 17.1 Å². The molecular formula is C9H16OTe. The zero-order chi connectivity index (χ0) is 8.85. The van der Waals surface area contributed by atoms with Crippen LogP contribution in [0.3, 0.4) is 0 Å². The Balaban J connectivity index is 3.85. The standard InChI is InChI=1S/C9H16OTe/c1-5-8(3)11-9(4)6-7(2)10/h6,8H,5H2,1-4H3/b9-6+. The van der Waals surface area contributed by atoms with Crippen molar-refractivity contribution in [2.75, 3.05) is 0 Å². The van der Waals surface area contributed by atoms with Crippen LogP contribution in [0.25, 0.3) is 0 Å². The van der Waals surface area contributed by atoms with E-state index >= 15 is 0 Å². The second-order valence-electron chi connectivity index (χ2n) is 2.70. The summed E-state index contributed by atoms with van der Waals surface area (Å²) >= 11 is -0.0660. The van der Waals surface area contributed by atoms with Gasteiger partial charge >= 0.3 is 79.3 Å².